The molecule has 0 saturated heterocycles. The highest BCUT2D eigenvalue weighted by Gasteiger charge is 2.31. The molecular weight excluding hydrogens is 457 g/mol. The van der Waals surface area contributed by atoms with Crippen molar-refractivity contribution < 1.29 is 27.5 Å². The molecule has 33 heavy (non-hydrogen) atoms. The highest BCUT2D eigenvalue weighted by molar-refractivity contribution is 6.34. The van der Waals surface area contributed by atoms with Crippen molar-refractivity contribution in [2.75, 3.05) is 14.2 Å². The molecule has 172 valence electrons. The normalized spacial score (nSPS) is 11.7. The van der Waals surface area contributed by atoms with Crippen molar-refractivity contribution in [3.8, 4) is 11.8 Å². The molecule has 2 aromatic rings. The summed E-state index contributed by atoms with van der Waals surface area (Å²) in [7, 11) is 2.59. The van der Waals surface area contributed by atoms with Crippen molar-refractivity contribution >= 4 is 29.3 Å². The highest BCUT2D eigenvalue weighted by atomic mass is 35.5. The number of benzene rings is 2. The molecule has 0 saturated carbocycles. The van der Waals surface area contributed by atoms with E-state index in [0.29, 0.717) is 17.5 Å². The fourth-order valence-corrected chi connectivity index (χ4v) is 2.81. The zero-order chi connectivity index (χ0) is 24.6. The van der Waals surface area contributed by atoms with Crippen molar-refractivity contribution in [2.45, 2.75) is 19.5 Å². The zero-order valence-electron chi connectivity index (χ0n) is 18.0. The molecule has 9 heteroatoms. The van der Waals surface area contributed by atoms with Crippen LogP contribution in [0, 0.1) is 11.8 Å². The largest absolute Gasteiger partial charge is 0.465 e. The van der Waals surface area contributed by atoms with Crippen LogP contribution in [0.4, 0.5) is 13.2 Å². The van der Waals surface area contributed by atoms with Crippen LogP contribution in [-0.4, -0.2) is 31.9 Å². The number of halogens is 4. The Bertz CT molecular complexity index is 1180. The molecule has 1 amide bonds. The fraction of sp³-hybridized carbons (Fsp3) is 0.208. The predicted molar refractivity (Wildman–Crippen MR) is 120 cm³/mol. The summed E-state index contributed by atoms with van der Waals surface area (Å²) in [4.78, 5) is 28.3. The third kappa shape index (κ3) is 7.22. The molecule has 0 atom stereocenters. The van der Waals surface area contributed by atoms with Gasteiger partial charge in [0.15, 0.2) is 0 Å². The number of methoxy groups -OCH3 is 1. The van der Waals surface area contributed by atoms with E-state index in [4.69, 9.17) is 11.6 Å². The Hall–Kier alpha value is -3.57. The molecule has 0 aliphatic carbocycles. The number of carbonyl (C=O) groups excluding carboxylic acids is 2. The summed E-state index contributed by atoms with van der Waals surface area (Å²) in [5.74, 6) is 4.19. The Balaban J connectivity index is 2.41. The molecule has 0 aliphatic heterocycles. The fourth-order valence-electron chi connectivity index (χ4n) is 2.61. The Labute approximate surface area is 194 Å². The SMILES string of the molecule is CC/C=C\C(=NC)NC(=O)c1cc(C#Cc2cc(C(=O)OC)cc(C(F)(F)F)c2)ccc1Cl. The van der Waals surface area contributed by atoms with Crippen LogP contribution in [-0.2, 0) is 10.9 Å². The van der Waals surface area contributed by atoms with Crippen LogP contribution in [0.5, 0.6) is 0 Å². The molecule has 0 heterocycles. The van der Waals surface area contributed by atoms with Gasteiger partial charge in [-0.2, -0.15) is 13.2 Å². The predicted octanol–water partition coefficient (Wildman–Crippen LogP) is 5.27. The number of ether oxygens (including phenoxy) is 1. The molecule has 0 spiro atoms. The Morgan fingerprint density at radius 2 is 1.85 bits per heavy atom. The number of allylic oxidation sites excluding steroid dienone is 1. The van der Waals surface area contributed by atoms with Crippen LogP contribution in [0.15, 0.2) is 53.5 Å². The number of hydrogen-bond donors (Lipinski definition) is 1. The Kier molecular flexibility index (Phi) is 8.83. The van der Waals surface area contributed by atoms with Gasteiger partial charge in [0, 0.05) is 18.2 Å². The van der Waals surface area contributed by atoms with Crippen molar-refractivity contribution in [3.05, 3.63) is 81.4 Å². The number of esters is 1. The standard InChI is InChI=1S/C24H20ClF3N2O3/c1-4-5-6-21(29-2)30-22(31)19-13-15(9-10-20(19)25)7-8-16-11-17(23(32)33-3)14-18(12-16)24(26,27)28/h5-6,9-14H,4H2,1-3H3,(H,29,30,31)/b6-5-. The van der Waals surface area contributed by atoms with Crippen LogP contribution in [0.1, 0.15) is 50.8 Å². The molecular formula is C24H20ClF3N2O3. The van der Waals surface area contributed by atoms with E-state index < -0.39 is 23.6 Å². The molecule has 0 aromatic heterocycles. The third-order valence-corrected chi connectivity index (χ3v) is 4.57. The topological polar surface area (TPSA) is 67.8 Å². The van der Waals surface area contributed by atoms with E-state index in [1.165, 1.54) is 31.3 Å². The molecule has 5 nitrogen and oxygen atoms in total. The maximum absolute atomic E-state index is 13.2. The number of hydrogen-bond acceptors (Lipinski definition) is 4. The second-order valence-electron chi connectivity index (χ2n) is 6.61. The summed E-state index contributed by atoms with van der Waals surface area (Å²) in [5.41, 5.74) is -0.901. The van der Waals surface area contributed by atoms with Crippen molar-refractivity contribution in [1.29, 1.82) is 0 Å². The Morgan fingerprint density at radius 1 is 1.15 bits per heavy atom. The molecule has 0 unspecified atom stereocenters. The van der Waals surface area contributed by atoms with E-state index in [2.05, 4.69) is 26.9 Å². The van der Waals surface area contributed by atoms with Gasteiger partial charge in [-0.15, -0.1) is 0 Å². The second-order valence-corrected chi connectivity index (χ2v) is 7.01. The number of amidine groups is 1. The van der Waals surface area contributed by atoms with Crippen molar-refractivity contribution in [1.82, 2.24) is 5.32 Å². The monoisotopic (exact) mass is 476 g/mol. The van der Waals surface area contributed by atoms with Gasteiger partial charge in [-0.05, 0) is 48.9 Å². The van der Waals surface area contributed by atoms with Gasteiger partial charge < -0.3 is 10.1 Å². The van der Waals surface area contributed by atoms with Gasteiger partial charge >= 0.3 is 12.1 Å². The first-order chi connectivity index (χ1) is 15.6. The van der Waals surface area contributed by atoms with Gasteiger partial charge in [0.1, 0.15) is 5.84 Å². The maximum atomic E-state index is 13.2. The van der Waals surface area contributed by atoms with Crippen molar-refractivity contribution in [3.63, 3.8) is 0 Å². The number of carbonyl (C=O) groups is 2. The average molecular weight is 477 g/mol. The average Bonchev–Trinajstić information content (AvgIpc) is 2.79. The highest BCUT2D eigenvalue weighted by Crippen LogP contribution is 2.30. The third-order valence-electron chi connectivity index (χ3n) is 4.24. The molecule has 0 fully saturated rings. The summed E-state index contributed by atoms with van der Waals surface area (Å²) in [5, 5.41) is 2.79. The lowest BCUT2D eigenvalue weighted by Gasteiger charge is -2.09. The number of amides is 1. The lowest BCUT2D eigenvalue weighted by molar-refractivity contribution is -0.137. The first kappa shape index (κ1) is 25.7. The lowest BCUT2D eigenvalue weighted by atomic mass is 10.0. The maximum Gasteiger partial charge on any atom is 0.416 e. The summed E-state index contributed by atoms with van der Waals surface area (Å²) < 4.78 is 44.1. The molecule has 0 radical (unpaired) electrons. The molecule has 2 rings (SSSR count). The van der Waals surface area contributed by atoms with Gasteiger partial charge in [0.05, 0.1) is 28.8 Å². The minimum atomic E-state index is -4.67. The van der Waals surface area contributed by atoms with Gasteiger partial charge in [0.2, 0.25) is 0 Å². The van der Waals surface area contributed by atoms with Crippen LogP contribution >= 0.6 is 11.6 Å². The summed E-state index contributed by atoms with van der Waals surface area (Å²) in [6.07, 6.45) is -0.434. The number of alkyl halides is 3. The summed E-state index contributed by atoms with van der Waals surface area (Å²) in [6.45, 7) is 1.93. The Morgan fingerprint density at radius 3 is 2.45 bits per heavy atom. The lowest BCUT2D eigenvalue weighted by Crippen LogP contribution is -2.29. The molecule has 0 bridgehead atoms. The number of nitrogens with zero attached hydrogens (tertiary/aromatic N) is 1. The van der Waals surface area contributed by atoms with E-state index in [-0.39, 0.29) is 21.7 Å². The van der Waals surface area contributed by atoms with E-state index in [1.54, 1.807) is 6.08 Å². The molecule has 1 N–H and O–H groups in total. The minimum absolute atomic E-state index is 0.0451. The second kappa shape index (κ2) is 11.3. The first-order valence-corrected chi connectivity index (χ1v) is 10.0. The van der Waals surface area contributed by atoms with Crippen LogP contribution in [0.2, 0.25) is 5.02 Å². The van der Waals surface area contributed by atoms with Crippen LogP contribution in [0.3, 0.4) is 0 Å². The first-order valence-electron chi connectivity index (χ1n) is 9.65. The van der Waals surface area contributed by atoms with E-state index >= 15 is 0 Å². The van der Waals surface area contributed by atoms with Crippen LogP contribution in [0.25, 0.3) is 0 Å². The van der Waals surface area contributed by atoms with Gasteiger partial charge in [-0.3, -0.25) is 9.79 Å². The smallest absolute Gasteiger partial charge is 0.416 e. The van der Waals surface area contributed by atoms with Gasteiger partial charge in [0.25, 0.3) is 5.91 Å². The van der Waals surface area contributed by atoms with E-state index in [1.807, 2.05) is 13.0 Å². The van der Waals surface area contributed by atoms with Gasteiger partial charge in [-0.25, -0.2) is 4.79 Å². The summed E-state index contributed by atoms with van der Waals surface area (Å²) in [6, 6.07) is 7.11. The minimum Gasteiger partial charge on any atom is -0.465 e. The zero-order valence-corrected chi connectivity index (χ0v) is 18.8. The van der Waals surface area contributed by atoms with E-state index in [0.717, 1.165) is 19.6 Å². The summed E-state index contributed by atoms with van der Waals surface area (Å²) >= 11 is 6.14. The van der Waals surface area contributed by atoms with Gasteiger partial charge in [-0.1, -0.05) is 36.4 Å². The number of aliphatic imine (C=N–C) groups is 1. The van der Waals surface area contributed by atoms with Crippen molar-refractivity contribution in [2.24, 2.45) is 4.99 Å². The number of rotatable bonds is 4. The van der Waals surface area contributed by atoms with E-state index in [9.17, 15) is 22.8 Å². The van der Waals surface area contributed by atoms with Crippen LogP contribution < -0.4 is 5.32 Å². The number of nitrogens with one attached hydrogen (secondary N) is 1. The quantitative estimate of drug-likeness (QED) is 0.283. The molecule has 0 aliphatic rings. The molecule has 2 aromatic carbocycles.